The maximum atomic E-state index is 13.3. The number of nitrogens with zero attached hydrogens (tertiary/aromatic N) is 2. The van der Waals surface area contributed by atoms with E-state index in [1.54, 1.807) is 30.3 Å². The lowest BCUT2D eigenvalue weighted by Crippen LogP contribution is -2.54. The number of carbonyl (C=O) groups is 2. The second kappa shape index (κ2) is 8.37. The molecule has 2 heterocycles. The summed E-state index contributed by atoms with van der Waals surface area (Å²) in [6.45, 7) is 8.11. The predicted molar refractivity (Wildman–Crippen MR) is 132 cm³/mol. The molecule has 1 N–H and O–H groups in total. The average molecular weight is 464 g/mol. The first-order chi connectivity index (χ1) is 15.2. The Balaban J connectivity index is 1.77. The SMILES string of the molecule is Cc1cc(C)cc(-n2c(C)cc(/C=C3\C(=O)NC(=S)N(c4ccc(Cl)cc4)C3=O)c2C)c1. The number of hydrogen-bond acceptors (Lipinski definition) is 3. The Morgan fingerprint density at radius 3 is 2.16 bits per heavy atom. The van der Waals surface area contributed by atoms with E-state index in [1.807, 2.05) is 19.9 Å². The van der Waals surface area contributed by atoms with E-state index in [-0.39, 0.29) is 10.7 Å². The van der Waals surface area contributed by atoms with Gasteiger partial charge in [0.2, 0.25) is 0 Å². The molecule has 32 heavy (non-hydrogen) atoms. The molecule has 2 aromatic carbocycles. The summed E-state index contributed by atoms with van der Waals surface area (Å²) < 4.78 is 2.12. The van der Waals surface area contributed by atoms with Crippen LogP contribution in [0.3, 0.4) is 0 Å². The molecule has 4 rings (SSSR count). The van der Waals surface area contributed by atoms with Crippen molar-refractivity contribution in [2.45, 2.75) is 27.7 Å². The van der Waals surface area contributed by atoms with E-state index in [4.69, 9.17) is 23.8 Å². The van der Waals surface area contributed by atoms with Gasteiger partial charge in [-0.15, -0.1) is 0 Å². The van der Waals surface area contributed by atoms with Crippen molar-refractivity contribution in [2.75, 3.05) is 4.90 Å². The van der Waals surface area contributed by atoms with Crippen LogP contribution in [0.1, 0.15) is 28.1 Å². The number of aromatic nitrogens is 1. The van der Waals surface area contributed by atoms with Gasteiger partial charge < -0.3 is 4.57 Å². The number of aryl methyl sites for hydroxylation is 3. The number of carbonyl (C=O) groups excluding carboxylic acids is 2. The van der Waals surface area contributed by atoms with Crippen LogP contribution in [-0.2, 0) is 9.59 Å². The van der Waals surface area contributed by atoms with Crippen LogP contribution in [-0.4, -0.2) is 21.5 Å². The van der Waals surface area contributed by atoms with E-state index in [2.05, 4.69) is 41.9 Å². The highest BCUT2D eigenvalue weighted by Crippen LogP contribution is 2.27. The molecule has 0 atom stereocenters. The van der Waals surface area contributed by atoms with Crippen molar-refractivity contribution < 1.29 is 9.59 Å². The summed E-state index contributed by atoms with van der Waals surface area (Å²) in [7, 11) is 0. The summed E-state index contributed by atoms with van der Waals surface area (Å²) in [4.78, 5) is 27.2. The van der Waals surface area contributed by atoms with Gasteiger partial charge in [-0.1, -0.05) is 17.7 Å². The summed E-state index contributed by atoms with van der Waals surface area (Å²) in [6.07, 6.45) is 1.63. The van der Waals surface area contributed by atoms with Crippen LogP contribution in [0.15, 0.2) is 54.1 Å². The largest absolute Gasteiger partial charge is 0.318 e. The van der Waals surface area contributed by atoms with Gasteiger partial charge >= 0.3 is 0 Å². The van der Waals surface area contributed by atoms with Crippen LogP contribution in [0.2, 0.25) is 5.02 Å². The Bertz CT molecular complexity index is 1290. The summed E-state index contributed by atoms with van der Waals surface area (Å²) in [5.41, 5.74) is 6.68. The van der Waals surface area contributed by atoms with Crippen molar-refractivity contribution >= 4 is 52.5 Å². The number of benzene rings is 2. The summed E-state index contributed by atoms with van der Waals surface area (Å²) in [5.74, 6) is -0.987. The fourth-order valence-electron chi connectivity index (χ4n) is 4.05. The summed E-state index contributed by atoms with van der Waals surface area (Å²) in [5, 5.41) is 3.21. The smallest absolute Gasteiger partial charge is 0.270 e. The van der Waals surface area contributed by atoms with Crippen LogP contribution in [0.5, 0.6) is 0 Å². The minimum absolute atomic E-state index is 0.0224. The van der Waals surface area contributed by atoms with Crippen LogP contribution in [0.25, 0.3) is 11.8 Å². The van der Waals surface area contributed by atoms with Gasteiger partial charge in [-0.05, 0) is 105 Å². The maximum Gasteiger partial charge on any atom is 0.270 e. The first kappa shape index (κ1) is 22.0. The second-order valence-electron chi connectivity index (χ2n) is 7.94. The van der Waals surface area contributed by atoms with Crippen LogP contribution >= 0.6 is 23.8 Å². The number of anilines is 1. The van der Waals surface area contributed by atoms with Crippen molar-refractivity contribution in [3.05, 3.63) is 87.2 Å². The first-order valence-corrected chi connectivity index (χ1v) is 10.9. The predicted octanol–water partition coefficient (Wildman–Crippen LogP) is 5.20. The fourth-order valence-corrected chi connectivity index (χ4v) is 4.46. The lowest BCUT2D eigenvalue weighted by molar-refractivity contribution is -0.122. The first-order valence-electron chi connectivity index (χ1n) is 10.1. The molecule has 5 nitrogen and oxygen atoms in total. The van der Waals surface area contributed by atoms with Gasteiger partial charge in [-0.2, -0.15) is 0 Å². The highest BCUT2D eigenvalue weighted by molar-refractivity contribution is 7.80. The van der Waals surface area contributed by atoms with Crippen LogP contribution in [0, 0.1) is 27.7 Å². The Labute approximate surface area is 197 Å². The number of rotatable bonds is 3. The van der Waals surface area contributed by atoms with Gasteiger partial charge in [-0.3, -0.25) is 19.8 Å². The maximum absolute atomic E-state index is 13.3. The average Bonchev–Trinajstić information content (AvgIpc) is 2.98. The molecule has 1 aliphatic heterocycles. The van der Waals surface area contributed by atoms with Gasteiger partial charge in [-0.25, -0.2) is 0 Å². The van der Waals surface area contributed by atoms with Crippen molar-refractivity contribution in [1.82, 2.24) is 9.88 Å². The molecule has 1 fully saturated rings. The van der Waals surface area contributed by atoms with Crippen LogP contribution < -0.4 is 10.2 Å². The second-order valence-corrected chi connectivity index (χ2v) is 8.77. The van der Waals surface area contributed by atoms with Crippen LogP contribution in [0.4, 0.5) is 5.69 Å². The molecule has 7 heteroatoms. The van der Waals surface area contributed by atoms with Crippen molar-refractivity contribution in [3.8, 4) is 5.69 Å². The third-order valence-electron chi connectivity index (χ3n) is 5.42. The molecule has 0 aliphatic carbocycles. The quantitative estimate of drug-likeness (QED) is 0.330. The van der Waals surface area contributed by atoms with E-state index < -0.39 is 11.8 Å². The standard InChI is InChI=1S/C25H22ClN3O2S/c1-14-9-15(2)11-21(10-14)28-16(3)12-18(17(28)4)13-22-23(30)27-25(32)29(24(22)31)20-7-5-19(26)6-8-20/h5-13H,1-4H3,(H,27,30,32)/b22-13+. The van der Waals surface area contributed by atoms with Gasteiger partial charge in [0.1, 0.15) is 5.57 Å². The molecule has 0 radical (unpaired) electrons. The molecule has 1 saturated heterocycles. The van der Waals surface area contributed by atoms with E-state index >= 15 is 0 Å². The normalized spacial score (nSPS) is 15.5. The zero-order chi connectivity index (χ0) is 23.2. The van der Waals surface area contributed by atoms with Crippen molar-refractivity contribution in [2.24, 2.45) is 0 Å². The minimum Gasteiger partial charge on any atom is -0.318 e. The number of amides is 2. The monoisotopic (exact) mass is 463 g/mol. The topological polar surface area (TPSA) is 54.3 Å². The number of thiocarbonyl (C=S) groups is 1. The van der Waals surface area contributed by atoms with E-state index in [0.717, 1.165) is 22.6 Å². The highest BCUT2D eigenvalue weighted by atomic mass is 35.5. The molecular formula is C25H22ClN3O2S. The molecule has 0 bridgehead atoms. The fraction of sp³-hybridized carbons (Fsp3) is 0.160. The van der Waals surface area contributed by atoms with Gasteiger partial charge in [0, 0.05) is 22.1 Å². The Morgan fingerprint density at radius 1 is 0.906 bits per heavy atom. The lowest BCUT2D eigenvalue weighted by atomic mass is 10.1. The molecule has 162 valence electrons. The van der Waals surface area contributed by atoms with E-state index in [1.165, 1.54) is 16.0 Å². The molecule has 0 saturated carbocycles. The Kier molecular flexibility index (Phi) is 5.75. The molecule has 0 unspecified atom stereocenters. The minimum atomic E-state index is -0.513. The zero-order valence-electron chi connectivity index (χ0n) is 18.2. The molecule has 1 aromatic heterocycles. The van der Waals surface area contributed by atoms with E-state index in [9.17, 15) is 9.59 Å². The molecular weight excluding hydrogens is 442 g/mol. The van der Waals surface area contributed by atoms with Gasteiger partial charge in [0.05, 0.1) is 5.69 Å². The highest BCUT2D eigenvalue weighted by Gasteiger charge is 2.34. The van der Waals surface area contributed by atoms with Gasteiger partial charge in [0.25, 0.3) is 11.8 Å². The van der Waals surface area contributed by atoms with Gasteiger partial charge in [0.15, 0.2) is 5.11 Å². The molecule has 2 amide bonds. The van der Waals surface area contributed by atoms with Crippen molar-refractivity contribution in [1.29, 1.82) is 0 Å². The number of hydrogen-bond donors (Lipinski definition) is 1. The Morgan fingerprint density at radius 2 is 1.53 bits per heavy atom. The third-order valence-corrected chi connectivity index (χ3v) is 5.96. The number of nitrogens with one attached hydrogen (secondary N) is 1. The third kappa shape index (κ3) is 3.99. The molecule has 3 aromatic rings. The number of halogens is 1. The van der Waals surface area contributed by atoms with Crippen molar-refractivity contribution in [3.63, 3.8) is 0 Å². The summed E-state index contributed by atoms with van der Waals surface area (Å²) in [6, 6.07) is 15.0. The lowest BCUT2D eigenvalue weighted by Gasteiger charge is -2.28. The Hall–Kier alpha value is -3.22. The molecule has 0 spiro atoms. The molecule has 1 aliphatic rings. The zero-order valence-corrected chi connectivity index (χ0v) is 19.8. The van der Waals surface area contributed by atoms with E-state index in [0.29, 0.717) is 10.7 Å². The summed E-state index contributed by atoms with van der Waals surface area (Å²) >= 11 is 11.2.